The maximum Gasteiger partial charge on any atom is 0.294 e. The van der Waals surface area contributed by atoms with Gasteiger partial charge in [-0.3, -0.25) is 23.2 Å². The lowest BCUT2D eigenvalue weighted by atomic mass is 9.75. The summed E-state index contributed by atoms with van der Waals surface area (Å²) in [5.74, 6) is -1.42. The number of rotatable bonds is 42. The maximum atomic E-state index is 13.0. The molecule has 558 valence electrons. The van der Waals surface area contributed by atoms with E-state index in [1.807, 2.05) is 98.7 Å². The molecule has 0 bridgehead atoms. The van der Waals surface area contributed by atoms with E-state index >= 15 is 0 Å². The Morgan fingerprint density at radius 1 is 0.676 bits per heavy atom. The molecule has 26 nitrogen and oxygen atoms in total. The lowest BCUT2D eigenvalue weighted by molar-refractivity contribution is -0.438. The van der Waals surface area contributed by atoms with Crippen LogP contribution in [0.3, 0.4) is 0 Å². The van der Waals surface area contributed by atoms with Gasteiger partial charge in [-0.25, -0.2) is 13.1 Å². The Balaban J connectivity index is 0.793. The van der Waals surface area contributed by atoms with Gasteiger partial charge in [0.15, 0.2) is 11.5 Å². The molecule has 3 aliphatic rings. The van der Waals surface area contributed by atoms with Crippen LogP contribution in [-0.2, 0) is 88.0 Å². The average molecular weight is 1490 g/mol. The van der Waals surface area contributed by atoms with Gasteiger partial charge in [-0.05, 0) is 161 Å². The Hall–Kier alpha value is -6.88. The summed E-state index contributed by atoms with van der Waals surface area (Å²) < 4.78 is 169. The number of aromatic nitrogens is 2. The number of amides is 1. The van der Waals surface area contributed by atoms with E-state index in [9.17, 15) is 61.5 Å². The van der Waals surface area contributed by atoms with E-state index in [1.54, 1.807) is 28.9 Å². The number of aryl methyl sites for hydroxylation is 1. The first-order valence-electron chi connectivity index (χ1n) is 34.2. The molecule has 0 saturated carbocycles. The zero-order valence-electron chi connectivity index (χ0n) is 59.1. The Bertz CT molecular complexity index is 4410. The summed E-state index contributed by atoms with van der Waals surface area (Å²) in [6.07, 6.45) is 11.8. The molecular weight excluding hydrogens is 1400 g/mol. The predicted octanol–water partition coefficient (Wildman–Crippen LogP) is 9.07. The third-order valence-electron chi connectivity index (χ3n) is 18.2. The van der Waals surface area contributed by atoms with E-state index in [1.165, 1.54) is 24.3 Å². The summed E-state index contributed by atoms with van der Waals surface area (Å²) in [5.41, 5.74) is 14.2. The summed E-state index contributed by atoms with van der Waals surface area (Å²) in [6.45, 7) is 20.3. The highest BCUT2D eigenvalue weighted by Crippen LogP contribution is 2.49. The maximum absolute atomic E-state index is 13.0. The first-order chi connectivity index (χ1) is 48.1. The lowest BCUT2D eigenvalue weighted by Gasteiger charge is -2.29. The molecule has 0 radical (unpaired) electrons. The van der Waals surface area contributed by atoms with Crippen molar-refractivity contribution in [3.63, 3.8) is 0 Å². The molecule has 1 amide bonds. The van der Waals surface area contributed by atoms with Gasteiger partial charge in [0.25, 0.3) is 36.3 Å². The number of hydrogen-bond donors (Lipinski definition) is 6. The van der Waals surface area contributed by atoms with Crippen molar-refractivity contribution in [1.82, 2.24) is 15.1 Å². The number of Topliss-reactive ketones (excluding diaryl/α,β-unsaturated/α-hetero) is 1. The molecule has 30 heteroatoms. The SMILES string of the molecule is Cc1nn(-c2ccc(C(N)=O)c(NCCCOCCOCCOCCOCCOCCCNCc3ccc(C(=C\C=C4\N(CCCCS(=O)(=O)O)c5ccc(S(=O)(=O)O)cc5C4(C)C)/C=C/C4=[N+](CCCCCS(=O)(=O)[O-])c5ccc(S(=O)(=O)O)cc5C4(C)C)cc3)c2)c2c1C(=O)CC(C)(C)C2. The van der Waals surface area contributed by atoms with Crippen molar-refractivity contribution in [3.05, 3.63) is 154 Å². The normalized spacial score (nSPS) is 16.3. The number of allylic oxidation sites excluding steroid dienone is 6. The number of unbranched alkanes of at least 4 members (excludes halogenated alkanes) is 3. The third-order valence-corrected chi connectivity index (χ3v) is 21.5. The number of ether oxygens (including phenoxy) is 5. The van der Waals surface area contributed by atoms with E-state index in [4.69, 9.17) is 34.5 Å². The largest absolute Gasteiger partial charge is 0.748 e. The fourth-order valence-corrected chi connectivity index (χ4v) is 15.2. The van der Waals surface area contributed by atoms with E-state index in [0.29, 0.717) is 188 Å². The van der Waals surface area contributed by atoms with Crippen molar-refractivity contribution in [2.45, 2.75) is 133 Å². The highest BCUT2D eigenvalue weighted by atomic mass is 32.2. The Morgan fingerprint density at radius 2 is 1.26 bits per heavy atom. The van der Waals surface area contributed by atoms with Gasteiger partial charge in [0.2, 0.25) is 5.69 Å². The van der Waals surface area contributed by atoms with Crippen LogP contribution >= 0.6 is 0 Å². The predicted molar refractivity (Wildman–Crippen MR) is 388 cm³/mol. The number of hydrogen-bond acceptors (Lipinski definition) is 20. The molecule has 5 aromatic rings. The van der Waals surface area contributed by atoms with Gasteiger partial charge in [-0.15, -0.1) is 0 Å². The van der Waals surface area contributed by atoms with Crippen molar-refractivity contribution in [2.75, 3.05) is 114 Å². The van der Waals surface area contributed by atoms with Gasteiger partial charge >= 0.3 is 0 Å². The molecule has 7 N–H and O–H groups in total. The van der Waals surface area contributed by atoms with Gasteiger partial charge in [0.1, 0.15) is 6.54 Å². The molecule has 1 aliphatic carbocycles. The first kappa shape index (κ1) is 80.8. The van der Waals surface area contributed by atoms with Crippen LogP contribution in [0, 0.1) is 12.3 Å². The van der Waals surface area contributed by atoms with Gasteiger partial charge in [-0.2, -0.15) is 34.9 Å². The minimum Gasteiger partial charge on any atom is -0.748 e. The first-order valence-corrected chi connectivity index (χ1v) is 40.3. The van der Waals surface area contributed by atoms with Crippen LogP contribution in [0.4, 0.5) is 17.1 Å². The van der Waals surface area contributed by atoms with Crippen molar-refractivity contribution in [2.24, 2.45) is 11.1 Å². The average Bonchev–Trinajstić information content (AvgIpc) is 1.60. The number of carbonyl (C=O) groups is 2. The zero-order chi connectivity index (χ0) is 74.3. The third kappa shape index (κ3) is 22.3. The minimum absolute atomic E-state index is 0.0920. The van der Waals surface area contributed by atoms with Gasteiger partial charge in [0, 0.05) is 91.6 Å². The molecule has 0 saturated heterocycles. The van der Waals surface area contributed by atoms with Crippen molar-refractivity contribution < 1.29 is 89.7 Å². The molecule has 102 heavy (non-hydrogen) atoms. The van der Waals surface area contributed by atoms with Crippen molar-refractivity contribution >= 4 is 80.5 Å². The van der Waals surface area contributed by atoms with E-state index < -0.39 is 68.7 Å². The van der Waals surface area contributed by atoms with Gasteiger partial charge in [0.05, 0.1) is 112 Å². The van der Waals surface area contributed by atoms with Gasteiger partial charge < -0.3 is 49.5 Å². The Morgan fingerprint density at radius 3 is 1.86 bits per heavy atom. The standard InChI is InChI=1S/C72H97N7O19S4/c1-51-68-64(48-70(2,3)49-65(68)80)79(76-51)55-21-24-58(69(73)81)61(45-55)75-30-14-34-95-36-38-97-40-42-98-41-39-96-37-35-94-33-13-29-74-50-52-15-17-53(18-16-52)54(20-28-67-72(6,7)60-47-57(102(91,92)93)23-26-63(60)78(67)32-10-12-44-100(85,86)87)19-27-66-71(4,5)59-46-56(101(88,89)90)22-25-62(59)77(66)31-9-8-11-43-99(82,83)84/h15-28,45-47,74H,8-14,29-44,48-50H2,1-7H3,(H6-,73,75,81,82,83,84,85,86,87,88,89,90,91,92,93). The zero-order valence-corrected chi connectivity index (χ0v) is 62.3. The van der Waals surface area contributed by atoms with Crippen LogP contribution in [-0.4, -0.2) is 187 Å². The second kappa shape index (κ2) is 35.3. The quantitative estimate of drug-likeness (QED) is 0.00917. The van der Waals surface area contributed by atoms with Crippen LogP contribution in [0.15, 0.2) is 119 Å². The molecule has 1 aromatic heterocycles. The number of fused-ring (bicyclic) bond motifs is 3. The summed E-state index contributed by atoms with van der Waals surface area (Å²) in [7, 11) is -17.8. The second-order valence-electron chi connectivity index (χ2n) is 27.5. The number of primary amides is 1. The highest BCUT2D eigenvalue weighted by molar-refractivity contribution is 7.86. The number of carbonyl (C=O) groups excluding carboxylic acids is 2. The number of nitrogens with two attached hydrogens (primary N) is 1. The van der Waals surface area contributed by atoms with Crippen LogP contribution in [0.5, 0.6) is 0 Å². The van der Waals surface area contributed by atoms with Crippen molar-refractivity contribution in [1.29, 1.82) is 0 Å². The summed E-state index contributed by atoms with van der Waals surface area (Å²) in [5, 5.41) is 11.5. The smallest absolute Gasteiger partial charge is 0.294 e. The van der Waals surface area contributed by atoms with E-state index in [2.05, 4.69) is 24.5 Å². The molecule has 0 unspecified atom stereocenters. The number of nitrogens with one attached hydrogen (secondary N) is 2. The minimum atomic E-state index is -4.59. The molecular formula is C72H97N7O19S4. The second-order valence-corrected chi connectivity index (χ2v) is 33.4. The molecule has 3 heterocycles. The summed E-state index contributed by atoms with van der Waals surface area (Å²) in [6, 6.07) is 22.0. The van der Waals surface area contributed by atoms with E-state index in [0.717, 1.165) is 40.3 Å². The molecule has 4 aromatic carbocycles. The lowest BCUT2D eigenvalue weighted by Crippen LogP contribution is -2.28. The van der Waals surface area contributed by atoms with Gasteiger partial charge in [-0.1, -0.05) is 58.0 Å². The number of ketones is 1. The molecule has 2 aliphatic heterocycles. The van der Waals surface area contributed by atoms with Crippen LogP contribution in [0.1, 0.15) is 147 Å². The fraction of sp³-hybridized carbons (Fsp3) is 0.500. The van der Waals surface area contributed by atoms with Crippen LogP contribution in [0.25, 0.3) is 11.3 Å². The number of benzene rings is 4. The molecule has 0 atom stereocenters. The molecule has 0 fully saturated rings. The Labute approximate surface area is 599 Å². The summed E-state index contributed by atoms with van der Waals surface area (Å²) >= 11 is 0. The Kier molecular flexibility index (Phi) is 27.9. The summed E-state index contributed by atoms with van der Waals surface area (Å²) in [4.78, 5) is 26.7. The van der Waals surface area contributed by atoms with Crippen LogP contribution < -0.4 is 21.3 Å². The fourth-order valence-electron chi connectivity index (χ4n) is 13.1. The molecule has 0 spiro atoms. The van der Waals surface area contributed by atoms with E-state index in [-0.39, 0.29) is 33.8 Å². The number of anilines is 2. The number of nitrogens with zero attached hydrogens (tertiary/aromatic N) is 4. The monoisotopic (exact) mass is 1490 g/mol. The highest BCUT2D eigenvalue weighted by Gasteiger charge is 2.45. The molecule has 8 rings (SSSR count). The topological polar surface area (TPSA) is 375 Å². The van der Waals surface area contributed by atoms with Crippen molar-refractivity contribution in [3.8, 4) is 5.69 Å². The van der Waals surface area contributed by atoms with Crippen LogP contribution in [0.2, 0.25) is 0 Å².